The molecule has 0 spiro atoms. The van der Waals surface area contributed by atoms with Gasteiger partial charge < -0.3 is 10.6 Å². The first kappa shape index (κ1) is 19.1. The van der Waals surface area contributed by atoms with E-state index in [2.05, 4.69) is 28.5 Å². The van der Waals surface area contributed by atoms with Crippen molar-refractivity contribution in [2.75, 3.05) is 25.0 Å². The van der Waals surface area contributed by atoms with Gasteiger partial charge in [0.1, 0.15) is 0 Å². The highest BCUT2D eigenvalue weighted by Gasteiger charge is 2.22. The number of anilines is 1. The molecule has 1 aliphatic rings. The van der Waals surface area contributed by atoms with Gasteiger partial charge in [0.05, 0.1) is 6.54 Å². The Labute approximate surface area is 160 Å². The minimum Gasteiger partial charge on any atom is -0.349 e. The molecule has 1 heterocycles. The summed E-state index contributed by atoms with van der Waals surface area (Å²) in [4.78, 5) is 26.7. The molecule has 27 heavy (non-hydrogen) atoms. The summed E-state index contributed by atoms with van der Waals surface area (Å²) >= 11 is 0. The van der Waals surface area contributed by atoms with Crippen LogP contribution >= 0.6 is 0 Å². The van der Waals surface area contributed by atoms with E-state index in [1.165, 1.54) is 5.56 Å². The van der Waals surface area contributed by atoms with Crippen LogP contribution in [-0.2, 0) is 11.2 Å². The summed E-state index contributed by atoms with van der Waals surface area (Å²) in [6.45, 7) is 4.10. The smallest absolute Gasteiger partial charge is 0.251 e. The van der Waals surface area contributed by atoms with E-state index in [0.29, 0.717) is 12.1 Å². The van der Waals surface area contributed by atoms with E-state index in [0.717, 1.165) is 38.0 Å². The first-order chi connectivity index (χ1) is 13.1. The van der Waals surface area contributed by atoms with Gasteiger partial charge in [-0.2, -0.15) is 0 Å². The SMILES string of the molecule is CCc1cccc(NC(=O)CN2CCC(NC(=O)c3ccccc3)CC2)c1. The zero-order chi connectivity index (χ0) is 19.1. The van der Waals surface area contributed by atoms with E-state index in [-0.39, 0.29) is 17.9 Å². The number of carbonyl (C=O) groups is 2. The third kappa shape index (κ3) is 5.66. The molecule has 2 amide bonds. The van der Waals surface area contributed by atoms with E-state index in [1.54, 1.807) is 0 Å². The summed E-state index contributed by atoms with van der Waals surface area (Å²) < 4.78 is 0. The average molecular weight is 365 g/mol. The molecule has 0 atom stereocenters. The van der Waals surface area contributed by atoms with Gasteiger partial charge in [-0.1, -0.05) is 37.3 Å². The predicted molar refractivity (Wildman–Crippen MR) is 108 cm³/mol. The van der Waals surface area contributed by atoms with E-state index < -0.39 is 0 Å². The van der Waals surface area contributed by atoms with E-state index in [9.17, 15) is 9.59 Å². The van der Waals surface area contributed by atoms with Crippen molar-refractivity contribution in [3.63, 3.8) is 0 Å². The number of hydrogen-bond acceptors (Lipinski definition) is 3. The summed E-state index contributed by atoms with van der Waals surface area (Å²) in [6, 6.07) is 17.4. The van der Waals surface area contributed by atoms with Crippen molar-refractivity contribution in [1.82, 2.24) is 10.2 Å². The van der Waals surface area contributed by atoms with Crippen molar-refractivity contribution < 1.29 is 9.59 Å². The monoisotopic (exact) mass is 365 g/mol. The Morgan fingerprint density at radius 3 is 2.48 bits per heavy atom. The van der Waals surface area contributed by atoms with Crippen molar-refractivity contribution in [3.05, 3.63) is 65.7 Å². The van der Waals surface area contributed by atoms with Crippen LogP contribution < -0.4 is 10.6 Å². The van der Waals surface area contributed by atoms with Gasteiger partial charge in [-0.25, -0.2) is 0 Å². The normalized spacial score (nSPS) is 15.3. The second kappa shape index (κ2) is 9.33. The first-order valence-corrected chi connectivity index (χ1v) is 9.61. The maximum Gasteiger partial charge on any atom is 0.251 e. The molecule has 2 aromatic rings. The number of carbonyl (C=O) groups excluding carboxylic acids is 2. The van der Waals surface area contributed by atoms with Crippen molar-refractivity contribution in [3.8, 4) is 0 Å². The highest BCUT2D eigenvalue weighted by atomic mass is 16.2. The summed E-state index contributed by atoms with van der Waals surface area (Å²) in [7, 11) is 0. The van der Waals surface area contributed by atoms with Crippen LogP contribution in [0.25, 0.3) is 0 Å². The van der Waals surface area contributed by atoms with Crippen LogP contribution in [0, 0.1) is 0 Å². The van der Waals surface area contributed by atoms with Crippen LogP contribution in [-0.4, -0.2) is 42.4 Å². The Bertz CT molecular complexity index is 768. The number of amides is 2. The third-order valence-corrected chi connectivity index (χ3v) is 4.94. The van der Waals surface area contributed by atoms with Gasteiger partial charge in [0.2, 0.25) is 5.91 Å². The molecule has 1 aliphatic heterocycles. The molecular formula is C22H27N3O2. The molecular weight excluding hydrogens is 338 g/mol. The molecule has 2 aromatic carbocycles. The molecule has 5 nitrogen and oxygen atoms in total. The van der Waals surface area contributed by atoms with Gasteiger partial charge in [-0.15, -0.1) is 0 Å². The molecule has 3 rings (SSSR count). The van der Waals surface area contributed by atoms with Crippen molar-refractivity contribution in [2.24, 2.45) is 0 Å². The van der Waals surface area contributed by atoms with Gasteiger partial charge in [-0.05, 0) is 49.1 Å². The number of likely N-dealkylation sites (tertiary alicyclic amines) is 1. The van der Waals surface area contributed by atoms with Gasteiger partial charge in [-0.3, -0.25) is 14.5 Å². The highest BCUT2D eigenvalue weighted by Crippen LogP contribution is 2.13. The fourth-order valence-corrected chi connectivity index (χ4v) is 3.37. The fourth-order valence-electron chi connectivity index (χ4n) is 3.37. The Morgan fingerprint density at radius 1 is 1.04 bits per heavy atom. The molecule has 0 saturated carbocycles. The van der Waals surface area contributed by atoms with Crippen LogP contribution in [0.5, 0.6) is 0 Å². The largest absolute Gasteiger partial charge is 0.349 e. The van der Waals surface area contributed by atoms with E-state index in [1.807, 2.05) is 48.5 Å². The molecule has 1 saturated heterocycles. The summed E-state index contributed by atoms with van der Waals surface area (Å²) in [5.74, 6) is -0.0161. The van der Waals surface area contributed by atoms with Crippen molar-refractivity contribution in [2.45, 2.75) is 32.2 Å². The van der Waals surface area contributed by atoms with Gasteiger partial charge in [0.25, 0.3) is 5.91 Å². The Morgan fingerprint density at radius 2 is 1.78 bits per heavy atom. The van der Waals surface area contributed by atoms with Crippen LogP contribution in [0.2, 0.25) is 0 Å². The predicted octanol–water partition coefficient (Wildman–Crippen LogP) is 3.08. The van der Waals surface area contributed by atoms with Gasteiger partial charge in [0, 0.05) is 30.4 Å². The average Bonchev–Trinajstić information content (AvgIpc) is 2.70. The van der Waals surface area contributed by atoms with E-state index >= 15 is 0 Å². The highest BCUT2D eigenvalue weighted by molar-refractivity contribution is 5.94. The molecule has 0 bridgehead atoms. The minimum atomic E-state index is -0.0254. The maximum atomic E-state index is 12.3. The lowest BCUT2D eigenvalue weighted by Crippen LogP contribution is -2.46. The van der Waals surface area contributed by atoms with Crippen LogP contribution in [0.1, 0.15) is 35.7 Å². The van der Waals surface area contributed by atoms with Gasteiger partial charge in [0.15, 0.2) is 0 Å². The summed E-state index contributed by atoms with van der Waals surface area (Å²) in [5, 5.41) is 6.07. The Kier molecular flexibility index (Phi) is 6.60. The van der Waals surface area contributed by atoms with Gasteiger partial charge >= 0.3 is 0 Å². The standard InChI is InChI=1S/C22H27N3O2/c1-2-17-7-6-10-20(15-17)23-21(26)16-25-13-11-19(12-14-25)24-22(27)18-8-4-3-5-9-18/h3-10,15,19H,2,11-14,16H2,1H3,(H,23,26)(H,24,27). The number of rotatable bonds is 6. The third-order valence-electron chi connectivity index (χ3n) is 4.94. The summed E-state index contributed by atoms with van der Waals surface area (Å²) in [6.07, 6.45) is 2.67. The van der Waals surface area contributed by atoms with Crippen molar-refractivity contribution in [1.29, 1.82) is 0 Å². The molecule has 0 radical (unpaired) electrons. The number of nitrogens with one attached hydrogen (secondary N) is 2. The lowest BCUT2D eigenvalue weighted by Gasteiger charge is -2.31. The quantitative estimate of drug-likeness (QED) is 0.827. The Balaban J connectivity index is 1.42. The number of hydrogen-bond donors (Lipinski definition) is 2. The minimum absolute atomic E-state index is 0.00928. The molecule has 142 valence electrons. The fraction of sp³-hybridized carbons (Fsp3) is 0.364. The number of benzene rings is 2. The lowest BCUT2D eigenvalue weighted by molar-refractivity contribution is -0.117. The molecule has 0 aromatic heterocycles. The first-order valence-electron chi connectivity index (χ1n) is 9.61. The zero-order valence-corrected chi connectivity index (χ0v) is 15.8. The van der Waals surface area contributed by atoms with Crippen LogP contribution in [0.3, 0.4) is 0 Å². The molecule has 0 aliphatic carbocycles. The number of piperidine rings is 1. The topological polar surface area (TPSA) is 61.4 Å². The molecule has 2 N–H and O–H groups in total. The maximum absolute atomic E-state index is 12.3. The lowest BCUT2D eigenvalue weighted by atomic mass is 10.0. The van der Waals surface area contributed by atoms with E-state index in [4.69, 9.17) is 0 Å². The number of aryl methyl sites for hydroxylation is 1. The Hall–Kier alpha value is -2.66. The summed E-state index contributed by atoms with van der Waals surface area (Å²) in [5.41, 5.74) is 2.75. The second-order valence-electron chi connectivity index (χ2n) is 6.99. The second-order valence-corrected chi connectivity index (χ2v) is 6.99. The molecule has 0 unspecified atom stereocenters. The molecule has 1 fully saturated rings. The number of nitrogens with zero attached hydrogens (tertiary/aromatic N) is 1. The van der Waals surface area contributed by atoms with Crippen LogP contribution in [0.4, 0.5) is 5.69 Å². The molecule has 5 heteroatoms. The van der Waals surface area contributed by atoms with Crippen molar-refractivity contribution >= 4 is 17.5 Å². The van der Waals surface area contributed by atoms with Crippen LogP contribution in [0.15, 0.2) is 54.6 Å². The zero-order valence-electron chi connectivity index (χ0n) is 15.8.